The van der Waals surface area contributed by atoms with Crippen LogP contribution >= 0.6 is 45.6 Å². The molecular formula is C38H22ClNS3. The van der Waals surface area contributed by atoms with Crippen molar-refractivity contribution < 1.29 is 0 Å². The lowest BCUT2D eigenvalue weighted by Gasteiger charge is -2.26. The van der Waals surface area contributed by atoms with Crippen molar-refractivity contribution in [3.8, 4) is 11.1 Å². The summed E-state index contributed by atoms with van der Waals surface area (Å²) in [4.78, 5) is 2.39. The molecule has 3 aromatic heterocycles. The first-order chi connectivity index (χ1) is 21.2. The highest BCUT2D eigenvalue weighted by molar-refractivity contribution is 7.44. The number of nitrogens with zero attached hydrogens (tertiary/aromatic N) is 1. The van der Waals surface area contributed by atoms with E-state index in [1.54, 1.807) is 0 Å². The summed E-state index contributed by atoms with van der Waals surface area (Å²) in [6, 6.07) is 48.2. The smallest absolute Gasteiger partial charge is 0.0890 e. The number of anilines is 3. The maximum Gasteiger partial charge on any atom is 0.0890 e. The first-order valence-electron chi connectivity index (χ1n) is 14.1. The second kappa shape index (κ2) is 9.94. The fraction of sp³-hybridized carbons (Fsp3) is 0. The van der Waals surface area contributed by atoms with Gasteiger partial charge in [0.25, 0.3) is 0 Å². The summed E-state index contributed by atoms with van der Waals surface area (Å²) < 4.78 is 6.54. The number of rotatable bonds is 4. The van der Waals surface area contributed by atoms with E-state index in [1.165, 1.54) is 60.9 Å². The number of thiophene rings is 3. The van der Waals surface area contributed by atoms with Gasteiger partial charge in [-0.3, -0.25) is 0 Å². The third-order valence-electron chi connectivity index (χ3n) is 8.16. The van der Waals surface area contributed by atoms with E-state index in [1.807, 2.05) is 40.1 Å². The van der Waals surface area contributed by atoms with E-state index in [4.69, 9.17) is 11.6 Å². The van der Waals surface area contributed by atoms with Crippen LogP contribution in [0.3, 0.4) is 0 Å². The van der Waals surface area contributed by atoms with Crippen LogP contribution in [0.1, 0.15) is 0 Å². The second-order valence-corrected chi connectivity index (χ2v) is 14.6. The monoisotopic (exact) mass is 623 g/mol. The minimum atomic E-state index is 0.782. The average molecular weight is 624 g/mol. The third kappa shape index (κ3) is 4.17. The van der Waals surface area contributed by atoms with Crippen LogP contribution in [0, 0.1) is 0 Å². The van der Waals surface area contributed by atoms with Crippen LogP contribution in [0.25, 0.3) is 60.9 Å². The highest BCUT2D eigenvalue weighted by Crippen LogP contribution is 2.47. The van der Waals surface area contributed by atoms with Crippen molar-refractivity contribution >= 4 is 112 Å². The van der Waals surface area contributed by atoms with E-state index in [2.05, 4.69) is 132 Å². The summed E-state index contributed by atoms with van der Waals surface area (Å²) >= 11 is 12.0. The molecule has 0 unspecified atom stereocenters. The molecule has 0 radical (unpaired) electrons. The van der Waals surface area contributed by atoms with Crippen molar-refractivity contribution in [3.63, 3.8) is 0 Å². The Bertz CT molecular complexity index is 2470. The van der Waals surface area contributed by atoms with Gasteiger partial charge in [-0.15, -0.1) is 34.0 Å². The van der Waals surface area contributed by atoms with Gasteiger partial charge in [-0.1, -0.05) is 78.3 Å². The maximum atomic E-state index is 6.42. The zero-order valence-electron chi connectivity index (χ0n) is 22.8. The van der Waals surface area contributed by atoms with Gasteiger partial charge >= 0.3 is 0 Å². The number of fused-ring (bicyclic) bond motifs is 8. The first-order valence-corrected chi connectivity index (χ1v) is 16.9. The van der Waals surface area contributed by atoms with Gasteiger partial charge < -0.3 is 4.90 Å². The molecule has 0 atom stereocenters. The van der Waals surface area contributed by atoms with Crippen LogP contribution < -0.4 is 4.90 Å². The van der Waals surface area contributed by atoms with Gasteiger partial charge in [0.05, 0.1) is 4.01 Å². The van der Waals surface area contributed by atoms with E-state index in [0.717, 1.165) is 22.1 Å². The van der Waals surface area contributed by atoms with Crippen molar-refractivity contribution in [2.24, 2.45) is 0 Å². The molecule has 0 N–H and O–H groups in total. The largest absolute Gasteiger partial charge is 0.310 e. The van der Waals surface area contributed by atoms with Crippen molar-refractivity contribution in [2.75, 3.05) is 4.90 Å². The maximum absolute atomic E-state index is 6.42. The lowest BCUT2D eigenvalue weighted by Crippen LogP contribution is -2.09. The van der Waals surface area contributed by atoms with Crippen LogP contribution in [0.15, 0.2) is 133 Å². The van der Waals surface area contributed by atoms with Gasteiger partial charge in [-0.05, 0) is 77.9 Å². The van der Waals surface area contributed by atoms with Crippen molar-refractivity contribution in [1.82, 2.24) is 0 Å². The van der Waals surface area contributed by atoms with E-state index < -0.39 is 0 Å². The molecule has 0 amide bonds. The standard InChI is InChI=1S/C38H22ClNS3/c39-25-12-18-35-32(20-25)37-30-17-15-28(22-36(30)43-38(37)42-35)40(26-13-10-24(11-14-26)23-6-2-1-3-7-23)27-16-19-34-31(21-27)29-8-4-5-9-33(29)41-34/h1-22H. The summed E-state index contributed by atoms with van der Waals surface area (Å²) in [6.07, 6.45) is 0. The topological polar surface area (TPSA) is 3.24 Å². The summed E-state index contributed by atoms with van der Waals surface area (Å²) in [7, 11) is 0. The summed E-state index contributed by atoms with van der Waals surface area (Å²) in [5, 5.41) is 7.24. The van der Waals surface area contributed by atoms with E-state index in [-0.39, 0.29) is 0 Å². The molecule has 43 heavy (non-hydrogen) atoms. The quantitative estimate of drug-likeness (QED) is 0.188. The Labute approximate surface area is 265 Å². The van der Waals surface area contributed by atoms with Crippen LogP contribution in [0.5, 0.6) is 0 Å². The van der Waals surface area contributed by atoms with Crippen LogP contribution in [0.2, 0.25) is 5.02 Å². The predicted octanol–water partition coefficient (Wildman–Crippen LogP) is 13.4. The van der Waals surface area contributed by atoms with Crippen molar-refractivity contribution in [1.29, 1.82) is 0 Å². The number of hydrogen-bond donors (Lipinski definition) is 0. The third-order valence-corrected chi connectivity index (χ3v) is 12.0. The molecule has 0 spiro atoms. The summed E-state index contributed by atoms with van der Waals surface area (Å²) in [6.45, 7) is 0. The fourth-order valence-electron chi connectivity index (χ4n) is 6.15. The van der Waals surface area contributed by atoms with Crippen molar-refractivity contribution in [2.45, 2.75) is 0 Å². The van der Waals surface area contributed by atoms with Gasteiger partial charge in [0.1, 0.15) is 0 Å². The molecule has 0 bridgehead atoms. The van der Waals surface area contributed by atoms with E-state index in [0.29, 0.717) is 0 Å². The highest BCUT2D eigenvalue weighted by Gasteiger charge is 2.18. The minimum Gasteiger partial charge on any atom is -0.310 e. The molecule has 9 aromatic rings. The summed E-state index contributed by atoms with van der Waals surface area (Å²) in [5.41, 5.74) is 5.87. The lowest BCUT2D eigenvalue weighted by molar-refractivity contribution is 1.30. The first kappa shape index (κ1) is 25.3. The molecule has 0 saturated heterocycles. The summed E-state index contributed by atoms with van der Waals surface area (Å²) in [5.74, 6) is 0. The zero-order chi connectivity index (χ0) is 28.5. The van der Waals surface area contributed by atoms with E-state index in [9.17, 15) is 0 Å². The second-order valence-electron chi connectivity index (χ2n) is 10.7. The van der Waals surface area contributed by atoms with Gasteiger partial charge in [0.2, 0.25) is 0 Å². The molecule has 0 aliphatic heterocycles. The predicted molar refractivity (Wildman–Crippen MR) is 193 cm³/mol. The SMILES string of the molecule is Clc1ccc2sc3sc4cc(N(c5ccc(-c6ccccc6)cc5)c5ccc6sc7ccccc7c6c5)ccc4c3c2c1. The highest BCUT2D eigenvalue weighted by atomic mass is 35.5. The van der Waals surface area contributed by atoms with E-state index >= 15 is 0 Å². The molecule has 0 fully saturated rings. The number of halogens is 1. The Kier molecular flexibility index (Phi) is 5.85. The Morgan fingerprint density at radius 1 is 0.419 bits per heavy atom. The normalized spacial score (nSPS) is 11.8. The number of benzene rings is 6. The van der Waals surface area contributed by atoms with Crippen LogP contribution in [-0.4, -0.2) is 0 Å². The molecule has 0 aliphatic carbocycles. The minimum absolute atomic E-state index is 0.782. The molecular weight excluding hydrogens is 602 g/mol. The molecule has 6 aromatic carbocycles. The van der Waals surface area contributed by atoms with Gasteiger partial charge in [0.15, 0.2) is 0 Å². The molecule has 0 aliphatic rings. The lowest BCUT2D eigenvalue weighted by atomic mass is 10.0. The molecule has 9 rings (SSSR count). The van der Waals surface area contributed by atoms with Gasteiger partial charge in [-0.2, -0.15) is 0 Å². The van der Waals surface area contributed by atoms with Crippen molar-refractivity contribution in [3.05, 3.63) is 138 Å². The Balaban J connectivity index is 1.23. The van der Waals surface area contributed by atoms with Crippen LogP contribution in [-0.2, 0) is 0 Å². The zero-order valence-corrected chi connectivity index (χ0v) is 26.0. The van der Waals surface area contributed by atoms with Crippen LogP contribution in [0.4, 0.5) is 17.1 Å². The molecule has 0 saturated carbocycles. The molecule has 5 heteroatoms. The molecule has 204 valence electrons. The van der Waals surface area contributed by atoms with Gasteiger partial charge in [-0.25, -0.2) is 0 Å². The Hall–Kier alpha value is -4.19. The average Bonchev–Trinajstić information content (AvgIpc) is 3.71. The Morgan fingerprint density at radius 2 is 1.07 bits per heavy atom. The Morgan fingerprint density at radius 3 is 1.95 bits per heavy atom. The number of hydrogen-bond acceptors (Lipinski definition) is 4. The molecule has 1 nitrogen and oxygen atoms in total. The molecule has 3 heterocycles. The fourth-order valence-corrected chi connectivity index (χ4v) is 10.0. The van der Waals surface area contributed by atoms with Gasteiger partial charge in [0, 0.05) is 67.8 Å².